The SMILES string of the molecule is O=[N+]([O-])C[C@]1(O)[C@@H]([C@H]2COC3(CCCCC3)O2)O[C@@H]2OC3(CCCCC3)O[C@@H]21. The van der Waals surface area contributed by atoms with Gasteiger partial charge in [0.25, 0.3) is 0 Å². The van der Waals surface area contributed by atoms with Gasteiger partial charge in [-0.15, -0.1) is 0 Å². The molecule has 9 heteroatoms. The maximum atomic E-state index is 11.4. The average Bonchev–Trinajstić information content (AvgIpc) is 3.29. The number of ether oxygens (including phenoxy) is 5. The number of fused-ring (bicyclic) bond motifs is 1. The third-order valence-electron chi connectivity index (χ3n) is 7.01. The zero-order valence-electron chi connectivity index (χ0n) is 16.0. The fraction of sp³-hybridized carbons (Fsp3) is 1.00. The Hall–Kier alpha value is -0.840. The summed E-state index contributed by atoms with van der Waals surface area (Å²) in [6.45, 7) is -0.430. The molecular formula is C19H29NO8. The lowest BCUT2D eigenvalue weighted by Gasteiger charge is -2.37. The topological polar surface area (TPSA) is 110 Å². The Morgan fingerprint density at radius 2 is 1.54 bits per heavy atom. The molecule has 9 nitrogen and oxygen atoms in total. The molecule has 28 heavy (non-hydrogen) atoms. The summed E-state index contributed by atoms with van der Waals surface area (Å²) in [7, 11) is 0. The van der Waals surface area contributed by atoms with Crippen molar-refractivity contribution in [1.82, 2.24) is 0 Å². The molecule has 0 aromatic heterocycles. The number of nitro groups is 1. The van der Waals surface area contributed by atoms with Gasteiger partial charge in [-0.25, -0.2) is 0 Å². The molecule has 3 saturated heterocycles. The lowest BCUT2D eigenvalue weighted by molar-refractivity contribution is -0.507. The Morgan fingerprint density at radius 3 is 2.18 bits per heavy atom. The van der Waals surface area contributed by atoms with Gasteiger partial charge in [0.15, 0.2) is 23.5 Å². The highest BCUT2D eigenvalue weighted by atomic mass is 16.8. The van der Waals surface area contributed by atoms with E-state index in [1.807, 2.05) is 0 Å². The third kappa shape index (κ3) is 3.07. The highest BCUT2D eigenvalue weighted by Gasteiger charge is 2.69. The van der Waals surface area contributed by atoms with E-state index in [9.17, 15) is 15.2 Å². The first-order valence-electron chi connectivity index (χ1n) is 10.6. The van der Waals surface area contributed by atoms with Crippen LogP contribution < -0.4 is 0 Å². The van der Waals surface area contributed by atoms with E-state index in [1.54, 1.807) is 0 Å². The quantitative estimate of drug-likeness (QED) is 0.566. The molecule has 0 radical (unpaired) electrons. The van der Waals surface area contributed by atoms with Crippen LogP contribution >= 0.6 is 0 Å². The highest BCUT2D eigenvalue weighted by Crippen LogP contribution is 2.51. The summed E-state index contributed by atoms with van der Waals surface area (Å²) in [5, 5.41) is 22.8. The van der Waals surface area contributed by atoms with Gasteiger partial charge in [-0.1, -0.05) is 12.8 Å². The molecule has 5 atom stereocenters. The van der Waals surface area contributed by atoms with E-state index in [0.717, 1.165) is 51.4 Å². The number of hydrogen-bond acceptors (Lipinski definition) is 8. The predicted molar refractivity (Wildman–Crippen MR) is 93.9 cm³/mol. The van der Waals surface area contributed by atoms with Crippen LogP contribution in [0, 0.1) is 10.1 Å². The molecule has 2 spiro atoms. The zero-order valence-corrected chi connectivity index (χ0v) is 16.0. The van der Waals surface area contributed by atoms with Crippen LogP contribution in [0.3, 0.4) is 0 Å². The number of aliphatic hydroxyl groups is 1. The minimum atomic E-state index is -1.82. The predicted octanol–water partition coefficient (Wildman–Crippen LogP) is 1.87. The van der Waals surface area contributed by atoms with E-state index < -0.39 is 53.2 Å². The number of rotatable bonds is 3. The van der Waals surface area contributed by atoms with Gasteiger partial charge in [0, 0.05) is 30.6 Å². The number of nitrogens with zero attached hydrogens (tertiary/aromatic N) is 1. The van der Waals surface area contributed by atoms with Crippen molar-refractivity contribution >= 4 is 0 Å². The molecule has 5 rings (SSSR count). The van der Waals surface area contributed by atoms with E-state index in [-0.39, 0.29) is 6.61 Å². The monoisotopic (exact) mass is 399 g/mol. The molecule has 0 bridgehead atoms. The lowest BCUT2D eigenvalue weighted by Crippen LogP contribution is -2.58. The van der Waals surface area contributed by atoms with Gasteiger partial charge >= 0.3 is 0 Å². The van der Waals surface area contributed by atoms with Crippen molar-refractivity contribution in [1.29, 1.82) is 0 Å². The van der Waals surface area contributed by atoms with Crippen LogP contribution in [0.1, 0.15) is 64.2 Å². The minimum Gasteiger partial charge on any atom is -0.378 e. The van der Waals surface area contributed by atoms with Gasteiger partial charge in [0.2, 0.25) is 6.54 Å². The van der Waals surface area contributed by atoms with Gasteiger partial charge in [-0.05, 0) is 25.7 Å². The maximum Gasteiger partial charge on any atom is 0.237 e. The second-order valence-corrected chi connectivity index (χ2v) is 8.97. The summed E-state index contributed by atoms with van der Waals surface area (Å²) in [5.41, 5.74) is -1.82. The molecule has 0 amide bonds. The van der Waals surface area contributed by atoms with E-state index in [2.05, 4.69) is 0 Å². The standard InChI is InChI=1S/C19H29NO8/c21-19(12-20(22)23)14(13-11-24-17(26-13)7-3-1-4-8-17)25-16-15(19)27-18(28-16)9-5-2-6-10-18/h13-16,21H,1-12H2/t13-,14-,15+,16-,19+/m1/s1. The second-order valence-electron chi connectivity index (χ2n) is 8.97. The summed E-state index contributed by atoms with van der Waals surface area (Å²) >= 11 is 0. The molecule has 1 N–H and O–H groups in total. The third-order valence-corrected chi connectivity index (χ3v) is 7.01. The van der Waals surface area contributed by atoms with Gasteiger partial charge in [-0.2, -0.15) is 0 Å². The van der Waals surface area contributed by atoms with Crippen LogP contribution in [-0.2, 0) is 23.7 Å². The van der Waals surface area contributed by atoms with Crippen LogP contribution in [0.2, 0.25) is 0 Å². The van der Waals surface area contributed by atoms with Crippen LogP contribution in [0.4, 0.5) is 0 Å². The van der Waals surface area contributed by atoms with Crippen LogP contribution in [-0.4, -0.2) is 65.0 Å². The molecule has 3 heterocycles. The molecule has 5 fully saturated rings. The number of hydrogen-bond donors (Lipinski definition) is 1. The largest absolute Gasteiger partial charge is 0.378 e. The summed E-state index contributed by atoms with van der Waals surface area (Å²) < 4.78 is 30.5. The van der Waals surface area contributed by atoms with Gasteiger partial charge in [0.05, 0.1) is 6.61 Å². The van der Waals surface area contributed by atoms with E-state index >= 15 is 0 Å². The molecule has 2 saturated carbocycles. The van der Waals surface area contributed by atoms with Crippen molar-refractivity contribution in [2.45, 2.75) is 106 Å². The molecular weight excluding hydrogens is 370 g/mol. The molecule has 3 aliphatic heterocycles. The van der Waals surface area contributed by atoms with Gasteiger partial charge in [0.1, 0.15) is 18.3 Å². The van der Waals surface area contributed by atoms with Crippen LogP contribution in [0.15, 0.2) is 0 Å². The minimum absolute atomic E-state index is 0.245. The lowest BCUT2D eigenvalue weighted by atomic mass is 9.88. The van der Waals surface area contributed by atoms with Crippen molar-refractivity contribution in [2.75, 3.05) is 13.2 Å². The fourth-order valence-electron chi connectivity index (χ4n) is 5.65. The normalized spacial score (nSPS) is 44.2. The van der Waals surface area contributed by atoms with Gasteiger partial charge in [-0.3, -0.25) is 10.1 Å². The fourth-order valence-corrected chi connectivity index (χ4v) is 5.65. The van der Waals surface area contributed by atoms with Crippen molar-refractivity contribution < 1.29 is 33.7 Å². The average molecular weight is 399 g/mol. The van der Waals surface area contributed by atoms with E-state index in [4.69, 9.17) is 23.7 Å². The maximum absolute atomic E-state index is 11.4. The Morgan fingerprint density at radius 1 is 0.893 bits per heavy atom. The molecule has 158 valence electrons. The Balaban J connectivity index is 1.36. The van der Waals surface area contributed by atoms with Crippen LogP contribution in [0.5, 0.6) is 0 Å². The van der Waals surface area contributed by atoms with Gasteiger partial charge < -0.3 is 28.8 Å². The van der Waals surface area contributed by atoms with Crippen molar-refractivity contribution in [3.8, 4) is 0 Å². The summed E-state index contributed by atoms with van der Waals surface area (Å²) in [4.78, 5) is 10.9. The smallest absolute Gasteiger partial charge is 0.237 e. The summed E-state index contributed by atoms with van der Waals surface area (Å²) in [5.74, 6) is -1.44. The molecule has 5 aliphatic rings. The molecule has 0 unspecified atom stereocenters. The Bertz CT molecular complexity index is 617. The van der Waals surface area contributed by atoms with E-state index in [1.165, 1.54) is 0 Å². The zero-order chi connectivity index (χ0) is 19.4. The first-order valence-corrected chi connectivity index (χ1v) is 10.6. The first kappa shape index (κ1) is 19.1. The molecule has 2 aliphatic carbocycles. The molecule has 0 aromatic carbocycles. The highest BCUT2D eigenvalue weighted by molar-refractivity contribution is 5.09. The second kappa shape index (κ2) is 6.85. The first-order chi connectivity index (χ1) is 13.4. The molecule has 0 aromatic rings. The van der Waals surface area contributed by atoms with Crippen LogP contribution in [0.25, 0.3) is 0 Å². The van der Waals surface area contributed by atoms with Crippen molar-refractivity contribution in [3.05, 3.63) is 10.1 Å². The van der Waals surface area contributed by atoms with Crippen molar-refractivity contribution in [3.63, 3.8) is 0 Å². The van der Waals surface area contributed by atoms with Crippen molar-refractivity contribution in [2.24, 2.45) is 0 Å². The Kier molecular flexibility index (Phi) is 4.68. The summed E-state index contributed by atoms with van der Waals surface area (Å²) in [6, 6.07) is 0. The van der Waals surface area contributed by atoms with E-state index in [0.29, 0.717) is 12.8 Å². The Labute approximate surface area is 163 Å². The summed E-state index contributed by atoms with van der Waals surface area (Å²) in [6.07, 6.45) is 6.07.